The molecule has 0 fully saturated rings. The molecule has 1 unspecified atom stereocenters. The van der Waals surface area contributed by atoms with Gasteiger partial charge < -0.3 is 5.32 Å². The summed E-state index contributed by atoms with van der Waals surface area (Å²) in [5.41, 5.74) is 2.72. The van der Waals surface area contributed by atoms with Crippen LogP contribution >= 0.6 is 27.3 Å². The molecule has 0 saturated heterocycles. The van der Waals surface area contributed by atoms with Crippen LogP contribution in [-0.4, -0.2) is 7.05 Å². The number of benzene rings is 1. The van der Waals surface area contributed by atoms with Gasteiger partial charge in [0.1, 0.15) is 0 Å². The molecule has 1 aromatic carbocycles. The van der Waals surface area contributed by atoms with Crippen LogP contribution in [0.2, 0.25) is 0 Å². The smallest absolute Gasteiger partial charge is 0.0701 e. The van der Waals surface area contributed by atoms with Crippen molar-refractivity contribution in [2.75, 3.05) is 7.05 Å². The number of likely N-dealkylation sites (N-methyl/N-ethyl adjacent to an activating group) is 1. The Morgan fingerprint density at radius 3 is 2.62 bits per heavy atom. The van der Waals surface area contributed by atoms with Gasteiger partial charge in [0.25, 0.3) is 0 Å². The summed E-state index contributed by atoms with van der Waals surface area (Å²) in [5, 5.41) is 5.57. The van der Waals surface area contributed by atoms with Crippen LogP contribution in [0, 0.1) is 0 Å². The van der Waals surface area contributed by atoms with Crippen LogP contribution in [0.15, 0.2) is 45.6 Å². The molecule has 3 heteroatoms. The lowest BCUT2D eigenvalue weighted by atomic mass is 10.0. The number of thiophene rings is 1. The summed E-state index contributed by atoms with van der Waals surface area (Å²) in [4.78, 5) is 0. The molecular formula is C13H14BrNS. The van der Waals surface area contributed by atoms with E-state index in [2.05, 4.69) is 63.0 Å². The summed E-state index contributed by atoms with van der Waals surface area (Å²) in [6, 6.07) is 13.2. The van der Waals surface area contributed by atoms with Gasteiger partial charge in [-0.2, -0.15) is 0 Å². The molecule has 0 aliphatic rings. The number of hydrogen-bond acceptors (Lipinski definition) is 2. The molecule has 2 rings (SSSR count). The van der Waals surface area contributed by atoms with Gasteiger partial charge in [0, 0.05) is 6.04 Å². The standard InChI is InChI=1S/C13H14BrNS/c1-15-12(11-8-13(14)16-9-11)7-10-5-3-2-4-6-10/h2-6,8-9,12,15H,7H2,1H3. The van der Waals surface area contributed by atoms with E-state index in [1.807, 2.05) is 7.05 Å². The highest BCUT2D eigenvalue weighted by atomic mass is 79.9. The summed E-state index contributed by atoms with van der Waals surface area (Å²) in [6.07, 6.45) is 1.03. The van der Waals surface area contributed by atoms with Gasteiger partial charge >= 0.3 is 0 Å². The van der Waals surface area contributed by atoms with Gasteiger partial charge in [0.15, 0.2) is 0 Å². The second-order valence-corrected chi connectivity index (χ2v) is 6.01. The second-order valence-electron chi connectivity index (χ2n) is 3.72. The van der Waals surface area contributed by atoms with Gasteiger partial charge in [-0.05, 0) is 52.0 Å². The lowest BCUT2D eigenvalue weighted by Gasteiger charge is -2.14. The third-order valence-corrected chi connectivity index (χ3v) is 4.14. The van der Waals surface area contributed by atoms with E-state index in [1.54, 1.807) is 11.3 Å². The van der Waals surface area contributed by atoms with Crippen LogP contribution in [0.4, 0.5) is 0 Å². The summed E-state index contributed by atoms with van der Waals surface area (Å²) in [5.74, 6) is 0. The van der Waals surface area contributed by atoms with E-state index in [9.17, 15) is 0 Å². The first-order chi connectivity index (χ1) is 7.79. The molecule has 0 bridgehead atoms. The van der Waals surface area contributed by atoms with Crippen molar-refractivity contribution in [1.29, 1.82) is 0 Å². The van der Waals surface area contributed by atoms with Crippen LogP contribution in [-0.2, 0) is 6.42 Å². The summed E-state index contributed by atoms with van der Waals surface area (Å²) >= 11 is 5.24. The Morgan fingerprint density at radius 1 is 1.31 bits per heavy atom. The second kappa shape index (κ2) is 5.62. The zero-order valence-corrected chi connectivity index (χ0v) is 11.5. The number of hydrogen-bond donors (Lipinski definition) is 1. The fourth-order valence-corrected chi connectivity index (χ4v) is 2.97. The molecule has 0 aliphatic carbocycles. The zero-order valence-electron chi connectivity index (χ0n) is 9.11. The summed E-state index contributed by atoms with van der Waals surface area (Å²) < 4.78 is 1.19. The maximum absolute atomic E-state index is 3.51. The van der Waals surface area contributed by atoms with E-state index < -0.39 is 0 Å². The third kappa shape index (κ3) is 2.94. The fraction of sp³-hybridized carbons (Fsp3) is 0.231. The average molecular weight is 296 g/mol. The van der Waals surface area contributed by atoms with E-state index in [-0.39, 0.29) is 0 Å². The molecule has 84 valence electrons. The highest BCUT2D eigenvalue weighted by molar-refractivity contribution is 9.11. The monoisotopic (exact) mass is 295 g/mol. The van der Waals surface area contributed by atoms with Crippen molar-refractivity contribution in [3.63, 3.8) is 0 Å². The molecule has 0 amide bonds. The molecule has 1 nitrogen and oxygen atoms in total. The van der Waals surface area contributed by atoms with E-state index in [4.69, 9.17) is 0 Å². The van der Waals surface area contributed by atoms with Gasteiger partial charge in [-0.15, -0.1) is 11.3 Å². The van der Waals surface area contributed by atoms with Crippen molar-refractivity contribution in [1.82, 2.24) is 5.32 Å². The molecule has 0 radical (unpaired) electrons. The number of nitrogens with one attached hydrogen (secondary N) is 1. The highest BCUT2D eigenvalue weighted by Gasteiger charge is 2.11. The Morgan fingerprint density at radius 2 is 2.06 bits per heavy atom. The van der Waals surface area contributed by atoms with Crippen molar-refractivity contribution in [3.05, 3.63) is 56.7 Å². The predicted molar refractivity (Wildman–Crippen MR) is 74.0 cm³/mol. The van der Waals surface area contributed by atoms with Gasteiger partial charge in [0.2, 0.25) is 0 Å². The minimum Gasteiger partial charge on any atom is -0.313 e. The largest absolute Gasteiger partial charge is 0.313 e. The van der Waals surface area contributed by atoms with Crippen molar-refractivity contribution in [3.8, 4) is 0 Å². The first-order valence-corrected chi connectivity index (χ1v) is 6.92. The SMILES string of the molecule is CNC(Cc1ccccc1)c1csc(Br)c1. The molecule has 1 atom stereocenters. The number of rotatable bonds is 4. The van der Waals surface area contributed by atoms with Gasteiger partial charge in [0.05, 0.1) is 3.79 Å². The van der Waals surface area contributed by atoms with Crippen LogP contribution < -0.4 is 5.32 Å². The van der Waals surface area contributed by atoms with Crippen LogP contribution in [0.3, 0.4) is 0 Å². The first kappa shape index (κ1) is 11.8. The predicted octanol–water partition coefficient (Wildman–Crippen LogP) is 4.01. The lowest BCUT2D eigenvalue weighted by molar-refractivity contribution is 0.594. The topological polar surface area (TPSA) is 12.0 Å². The molecule has 0 spiro atoms. The van der Waals surface area contributed by atoms with Crippen molar-refractivity contribution in [2.45, 2.75) is 12.5 Å². The fourth-order valence-electron chi connectivity index (χ4n) is 1.74. The average Bonchev–Trinajstić information content (AvgIpc) is 2.74. The van der Waals surface area contributed by atoms with Gasteiger partial charge in [-0.3, -0.25) is 0 Å². The van der Waals surface area contributed by atoms with Crippen molar-refractivity contribution >= 4 is 27.3 Å². The van der Waals surface area contributed by atoms with Gasteiger partial charge in [-0.1, -0.05) is 30.3 Å². The molecule has 1 heterocycles. The van der Waals surface area contributed by atoms with E-state index in [1.165, 1.54) is 14.9 Å². The minimum absolute atomic E-state index is 0.393. The van der Waals surface area contributed by atoms with Crippen molar-refractivity contribution < 1.29 is 0 Å². The molecular weight excluding hydrogens is 282 g/mol. The molecule has 1 N–H and O–H groups in total. The normalized spacial score (nSPS) is 12.6. The zero-order chi connectivity index (χ0) is 11.4. The van der Waals surface area contributed by atoms with E-state index in [0.29, 0.717) is 6.04 Å². The molecule has 0 aliphatic heterocycles. The molecule has 2 aromatic rings. The summed E-state index contributed by atoms with van der Waals surface area (Å²) in [6.45, 7) is 0. The van der Waals surface area contributed by atoms with E-state index in [0.717, 1.165) is 6.42 Å². The lowest BCUT2D eigenvalue weighted by Crippen LogP contribution is -2.18. The quantitative estimate of drug-likeness (QED) is 0.898. The summed E-state index contributed by atoms with van der Waals surface area (Å²) in [7, 11) is 2.01. The molecule has 16 heavy (non-hydrogen) atoms. The maximum Gasteiger partial charge on any atom is 0.0701 e. The third-order valence-electron chi connectivity index (χ3n) is 2.62. The Balaban J connectivity index is 2.12. The first-order valence-electron chi connectivity index (χ1n) is 5.24. The Hall–Kier alpha value is -0.640. The Bertz CT molecular complexity index is 438. The number of halogens is 1. The van der Waals surface area contributed by atoms with Crippen LogP contribution in [0.1, 0.15) is 17.2 Å². The highest BCUT2D eigenvalue weighted by Crippen LogP contribution is 2.27. The maximum atomic E-state index is 3.51. The van der Waals surface area contributed by atoms with E-state index >= 15 is 0 Å². The molecule has 0 saturated carbocycles. The van der Waals surface area contributed by atoms with Crippen LogP contribution in [0.5, 0.6) is 0 Å². The molecule has 1 aromatic heterocycles. The van der Waals surface area contributed by atoms with Crippen molar-refractivity contribution in [2.24, 2.45) is 0 Å². The van der Waals surface area contributed by atoms with Gasteiger partial charge in [-0.25, -0.2) is 0 Å². The van der Waals surface area contributed by atoms with Crippen LogP contribution in [0.25, 0.3) is 0 Å². The Kier molecular flexibility index (Phi) is 4.16. The minimum atomic E-state index is 0.393. The Labute approximate surface area is 109 Å².